The summed E-state index contributed by atoms with van der Waals surface area (Å²) in [6.45, 7) is 0.778. The van der Waals surface area contributed by atoms with Crippen LogP contribution in [0.1, 0.15) is 22.3 Å². The summed E-state index contributed by atoms with van der Waals surface area (Å²) in [7, 11) is 3.59. The number of aromatic nitrogens is 1. The number of anilines is 3. The van der Waals surface area contributed by atoms with Crippen LogP contribution in [0.2, 0.25) is 0 Å². The first kappa shape index (κ1) is 21.1. The molecule has 4 rings (SSSR count). The van der Waals surface area contributed by atoms with E-state index in [9.17, 15) is 9.18 Å². The van der Waals surface area contributed by atoms with Crippen molar-refractivity contribution in [1.82, 2.24) is 4.98 Å². The van der Waals surface area contributed by atoms with Crippen molar-refractivity contribution < 1.29 is 19.0 Å². The number of pyridine rings is 1. The molecule has 1 aliphatic heterocycles. The zero-order valence-electron chi connectivity index (χ0n) is 16.9. The minimum Gasteiger partial charge on any atom is -0.493 e. The average Bonchev–Trinajstić information content (AvgIpc) is 2.78. The molecule has 30 heavy (non-hydrogen) atoms. The summed E-state index contributed by atoms with van der Waals surface area (Å²) in [5, 5.41) is 11.4. The first-order valence-electron chi connectivity index (χ1n) is 9.59. The molecule has 0 atom stereocenters. The monoisotopic (exact) mass is 409 g/mol. The van der Waals surface area contributed by atoms with Gasteiger partial charge in [-0.2, -0.15) is 0 Å². The van der Waals surface area contributed by atoms with E-state index in [-0.39, 0.29) is 11.4 Å². The molecular formula is C23H24FN3O3. The van der Waals surface area contributed by atoms with Gasteiger partial charge in [-0.3, -0.25) is 4.98 Å². The van der Waals surface area contributed by atoms with Crippen LogP contribution in [0, 0.1) is 5.82 Å². The molecule has 0 saturated carbocycles. The van der Waals surface area contributed by atoms with Crippen LogP contribution in [0.15, 0.2) is 60.9 Å². The van der Waals surface area contributed by atoms with E-state index >= 15 is 0 Å². The number of aryl methyl sites for hydroxylation is 1. The molecule has 2 N–H and O–H groups in total. The van der Waals surface area contributed by atoms with E-state index in [2.05, 4.69) is 22.4 Å². The number of rotatable bonds is 4. The minimum absolute atomic E-state index is 0.224. The Labute approximate surface area is 174 Å². The molecule has 0 unspecified atom stereocenters. The molecule has 7 heteroatoms. The second kappa shape index (κ2) is 9.73. The normalized spacial score (nSPS) is 12.0. The van der Waals surface area contributed by atoms with Gasteiger partial charge in [0.05, 0.1) is 24.1 Å². The van der Waals surface area contributed by atoms with Gasteiger partial charge < -0.3 is 20.1 Å². The molecule has 0 bridgehead atoms. The van der Waals surface area contributed by atoms with E-state index in [1.165, 1.54) is 36.2 Å². The Morgan fingerprint density at radius 3 is 2.70 bits per heavy atom. The molecule has 0 spiro atoms. The Morgan fingerprint density at radius 1 is 1.20 bits per heavy atom. The average molecular weight is 409 g/mol. The molecule has 0 fully saturated rings. The maximum absolute atomic E-state index is 13.3. The van der Waals surface area contributed by atoms with Gasteiger partial charge in [0.25, 0.3) is 0 Å². The number of carbonyl (C=O) groups is 1. The number of carboxylic acid groups (broad SMARTS) is 1. The highest BCUT2D eigenvalue weighted by Gasteiger charge is 2.13. The fraction of sp³-hybridized carbons (Fsp3) is 0.217. The molecular weight excluding hydrogens is 385 g/mol. The van der Waals surface area contributed by atoms with Crippen molar-refractivity contribution in [1.29, 1.82) is 0 Å². The van der Waals surface area contributed by atoms with E-state index in [0.717, 1.165) is 36.6 Å². The van der Waals surface area contributed by atoms with E-state index in [0.29, 0.717) is 5.69 Å². The molecule has 0 saturated heterocycles. The zero-order chi connectivity index (χ0) is 21.5. The lowest BCUT2D eigenvalue weighted by atomic mass is 10.1. The van der Waals surface area contributed by atoms with Crippen LogP contribution < -0.4 is 15.0 Å². The molecule has 156 valence electrons. The summed E-state index contributed by atoms with van der Waals surface area (Å²) < 4.78 is 18.9. The van der Waals surface area contributed by atoms with Crippen LogP contribution in [0.25, 0.3) is 0 Å². The minimum atomic E-state index is -0.947. The second-order valence-electron chi connectivity index (χ2n) is 6.76. The number of fused-ring (bicyclic) bond motifs is 1. The number of nitrogens with one attached hydrogen (secondary N) is 1. The second-order valence-corrected chi connectivity index (χ2v) is 6.76. The molecule has 2 aromatic carbocycles. The predicted octanol–water partition coefficient (Wildman–Crippen LogP) is 4.74. The molecule has 0 radical (unpaired) electrons. The van der Waals surface area contributed by atoms with Gasteiger partial charge in [0.2, 0.25) is 0 Å². The standard InChI is InChI=1S/C16H16FNO.C7H8N2O2/c1-18(14-6-2-5-13(17)10-14)15-8-7-12-4-3-9-19-16(12)11-15;1-8-6-4-9-3-2-5(6)7(10)11/h2,5-8,10-11H,3-4,9H2,1H3;2-4,8H,1H3,(H,10,11). The van der Waals surface area contributed by atoms with Crippen molar-refractivity contribution in [2.45, 2.75) is 12.8 Å². The maximum atomic E-state index is 13.3. The van der Waals surface area contributed by atoms with Gasteiger partial charge in [-0.15, -0.1) is 0 Å². The van der Waals surface area contributed by atoms with Gasteiger partial charge in [-0.05, 0) is 48.7 Å². The van der Waals surface area contributed by atoms with Gasteiger partial charge in [-0.1, -0.05) is 12.1 Å². The fourth-order valence-corrected chi connectivity index (χ4v) is 3.15. The van der Waals surface area contributed by atoms with Crippen LogP contribution in [-0.4, -0.2) is 36.8 Å². The van der Waals surface area contributed by atoms with Gasteiger partial charge in [-0.25, -0.2) is 9.18 Å². The molecule has 1 aliphatic rings. The van der Waals surface area contributed by atoms with Crippen molar-refractivity contribution in [3.05, 3.63) is 77.9 Å². The SMILES string of the molecule is CN(c1cccc(F)c1)c1ccc2c(c1)OCCC2.CNc1cnccc1C(=O)O. The number of ether oxygens (including phenoxy) is 1. The Morgan fingerprint density at radius 2 is 2.00 bits per heavy atom. The highest BCUT2D eigenvalue weighted by atomic mass is 19.1. The summed E-state index contributed by atoms with van der Waals surface area (Å²) in [6.07, 6.45) is 5.07. The zero-order valence-corrected chi connectivity index (χ0v) is 16.9. The summed E-state index contributed by atoms with van der Waals surface area (Å²) >= 11 is 0. The lowest BCUT2D eigenvalue weighted by Crippen LogP contribution is -2.12. The Kier molecular flexibility index (Phi) is 6.85. The van der Waals surface area contributed by atoms with Crippen molar-refractivity contribution in [3.8, 4) is 5.75 Å². The highest BCUT2D eigenvalue weighted by Crippen LogP contribution is 2.32. The third-order valence-corrected chi connectivity index (χ3v) is 4.80. The van der Waals surface area contributed by atoms with E-state index in [1.54, 1.807) is 13.1 Å². The molecule has 6 nitrogen and oxygen atoms in total. The molecule has 1 aromatic heterocycles. The van der Waals surface area contributed by atoms with Crippen LogP contribution >= 0.6 is 0 Å². The number of aromatic carboxylic acids is 1. The molecule has 0 amide bonds. The van der Waals surface area contributed by atoms with Gasteiger partial charge >= 0.3 is 5.97 Å². The smallest absolute Gasteiger partial charge is 0.337 e. The third-order valence-electron chi connectivity index (χ3n) is 4.80. The maximum Gasteiger partial charge on any atom is 0.337 e. The van der Waals surface area contributed by atoms with Crippen molar-refractivity contribution in [3.63, 3.8) is 0 Å². The quantitative estimate of drug-likeness (QED) is 0.648. The lowest BCUT2D eigenvalue weighted by Gasteiger charge is -2.23. The lowest BCUT2D eigenvalue weighted by molar-refractivity contribution is 0.0698. The molecule has 0 aliphatic carbocycles. The van der Waals surface area contributed by atoms with Crippen LogP contribution in [0.4, 0.5) is 21.5 Å². The molecule has 3 aromatic rings. The first-order chi connectivity index (χ1) is 14.5. The van der Waals surface area contributed by atoms with Crippen LogP contribution in [-0.2, 0) is 6.42 Å². The number of halogens is 1. The fourth-order valence-electron chi connectivity index (χ4n) is 3.15. The van der Waals surface area contributed by atoms with Gasteiger partial charge in [0.1, 0.15) is 11.6 Å². The Hall–Kier alpha value is -3.61. The van der Waals surface area contributed by atoms with Crippen molar-refractivity contribution in [2.24, 2.45) is 0 Å². The van der Waals surface area contributed by atoms with E-state index < -0.39 is 5.97 Å². The first-order valence-corrected chi connectivity index (χ1v) is 9.59. The van der Waals surface area contributed by atoms with Gasteiger partial charge in [0, 0.05) is 37.7 Å². The number of nitrogens with zero attached hydrogens (tertiary/aromatic N) is 2. The summed E-state index contributed by atoms with van der Waals surface area (Å²) in [5.41, 5.74) is 3.85. The number of hydrogen-bond acceptors (Lipinski definition) is 5. The van der Waals surface area contributed by atoms with E-state index in [4.69, 9.17) is 9.84 Å². The molecule has 2 heterocycles. The summed E-state index contributed by atoms with van der Waals surface area (Å²) in [4.78, 5) is 16.2. The predicted molar refractivity (Wildman–Crippen MR) is 115 cm³/mol. The Balaban J connectivity index is 0.000000199. The van der Waals surface area contributed by atoms with Crippen LogP contribution in [0.5, 0.6) is 5.75 Å². The van der Waals surface area contributed by atoms with Crippen molar-refractivity contribution in [2.75, 3.05) is 30.9 Å². The van der Waals surface area contributed by atoms with Crippen LogP contribution in [0.3, 0.4) is 0 Å². The third kappa shape index (κ3) is 5.05. The number of carboxylic acids is 1. The largest absolute Gasteiger partial charge is 0.493 e. The van der Waals surface area contributed by atoms with E-state index in [1.807, 2.05) is 24.1 Å². The summed E-state index contributed by atoms with van der Waals surface area (Å²) in [5.74, 6) is -0.220. The Bertz CT molecular complexity index is 1030. The van der Waals surface area contributed by atoms with Crippen molar-refractivity contribution >= 4 is 23.0 Å². The van der Waals surface area contributed by atoms with Gasteiger partial charge in [0.15, 0.2) is 0 Å². The number of hydrogen-bond donors (Lipinski definition) is 2. The summed E-state index contributed by atoms with van der Waals surface area (Å²) in [6, 6.07) is 14.2. The topological polar surface area (TPSA) is 74.7 Å². The highest BCUT2D eigenvalue weighted by molar-refractivity contribution is 5.93. The number of benzene rings is 2.